The zero-order valence-corrected chi connectivity index (χ0v) is 23.6. The lowest BCUT2D eigenvalue weighted by molar-refractivity contribution is -0.187. The second-order valence-electron chi connectivity index (χ2n) is 10.9. The minimum Gasteiger partial charge on any atom is -0.459 e. The number of alkyl halides is 1. The second-order valence-corrected chi connectivity index (χ2v) is 10.9. The van der Waals surface area contributed by atoms with Gasteiger partial charge in [0.1, 0.15) is 24.2 Å². The lowest BCUT2D eigenvalue weighted by Gasteiger charge is -2.42. The first-order valence-corrected chi connectivity index (χ1v) is 12.7. The Morgan fingerprint density at radius 2 is 1.78 bits per heavy atom. The monoisotopic (exact) mass is 518 g/mol. The van der Waals surface area contributed by atoms with Crippen LogP contribution in [0.2, 0.25) is 0 Å². The number of Topliss-reactive ketones (excluding diaryl/α,β-unsaturated/α-hetero) is 1. The van der Waals surface area contributed by atoms with Crippen LogP contribution in [0.25, 0.3) is 0 Å². The molecule has 0 spiro atoms. The molecule has 1 saturated heterocycles. The summed E-state index contributed by atoms with van der Waals surface area (Å²) >= 11 is 0. The number of cyclic esters (lactones) is 1. The van der Waals surface area contributed by atoms with Crippen molar-refractivity contribution in [1.82, 2.24) is 4.90 Å². The third kappa shape index (κ3) is 7.46. The highest BCUT2D eigenvalue weighted by atomic mass is 19.1. The van der Waals surface area contributed by atoms with Crippen LogP contribution in [0.4, 0.5) is 4.39 Å². The fraction of sp³-hybridized carbons (Fsp3) is 0.885. The average Bonchev–Trinajstić information content (AvgIpc) is 2.83. The molecule has 0 unspecified atom stereocenters. The summed E-state index contributed by atoms with van der Waals surface area (Å²) in [6, 6.07) is 0. The first kappa shape index (κ1) is 32.4. The van der Waals surface area contributed by atoms with E-state index in [-0.39, 0.29) is 18.8 Å². The Bertz CT molecular complexity index is 775. The predicted octanol–water partition coefficient (Wildman–Crippen LogP) is 2.61. The number of aliphatic hydroxyl groups is 2. The Labute approximate surface area is 215 Å². The van der Waals surface area contributed by atoms with Crippen molar-refractivity contribution in [2.24, 2.45) is 28.8 Å². The third-order valence-electron chi connectivity index (χ3n) is 7.76. The number of carbonyl (C=O) groups excluding carboxylic acids is 2. The van der Waals surface area contributed by atoms with Crippen LogP contribution in [0.3, 0.4) is 0 Å². The number of hydrogen-bond acceptors (Lipinski definition) is 9. The Morgan fingerprint density at radius 1 is 1.19 bits per heavy atom. The summed E-state index contributed by atoms with van der Waals surface area (Å²) in [4.78, 5) is 33.2. The fourth-order valence-electron chi connectivity index (χ4n) is 4.76. The maximum atomic E-state index is 15.5. The number of halogens is 1. The van der Waals surface area contributed by atoms with E-state index in [1.165, 1.54) is 21.0 Å². The van der Waals surface area contributed by atoms with Gasteiger partial charge in [0.15, 0.2) is 12.0 Å². The molecule has 9 atom stereocenters. The predicted molar refractivity (Wildman–Crippen MR) is 135 cm³/mol. The summed E-state index contributed by atoms with van der Waals surface area (Å²) in [5, 5.41) is 27.0. The van der Waals surface area contributed by atoms with E-state index in [4.69, 9.17) is 14.3 Å². The van der Waals surface area contributed by atoms with Crippen molar-refractivity contribution in [2.75, 3.05) is 34.4 Å². The van der Waals surface area contributed by atoms with Crippen molar-refractivity contribution in [1.29, 1.82) is 0 Å². The maximum Gasteiger partial charge on any atom is 0.316 e. The Hall–Kier alpha value is -1.62. The molecule has 0 aliphatic carbocycles. The van der Waals surface area contributed by atoms with Crippen molar-refractivity contribution >= 4 is 17.5 Å². The van der Waals surface area contributed by atoms with Crippen LogP contribution in [-0.4, -0.2) is 96.5 Å². The van der Waals surface area contributed by atoms with E-state index in [2.05, 4.69) is 5.16 Å². The van der Waals surface area contributed by atoms with Crippen molar-refractivity contribution in [3.05, 3.63) is 0 Å². The molecule has 210 valence electrons. The molecule has 0 radical (unpaired) electrons. The van der Waals surface area contributed by atoms with Gasteiger partial charge in [-0.05, 0) is 47.7 Å². The van der Waals surface area contributed by atoms with Gasteiger partial charge in [-0.1, -0.05) is 32.9 Å². The highest BCUT2D eigenvalue weighted by Crippen LogP contribution is 2.37. The molecule has 0 aromatic carbocycles. The van der Waals surface area contributed by atoms with Gasteiger partial charge in [0.25, 0.3) is 0 Å². The van der Waals surface area contributed by atoms with Gasteiger partial charge in [-0.2, -0.15) is 0 Å². The Kier molecular flexibility index (Phi) is 11.9. The fourth-order valence-corrected chi connectivity index (χ4v) is 4.76. The summed E-state index contributed by atoms with van der Waals surface area (Å²) < 4.78 is 26.7. The Morgan fingerprint density at radius 3 is 2.28 bits per heavy atom. The van der Waals surface area contributed by atoms with Crippen LogP contribution in [0.15, 0.2) is 5.16 Å². The van der Waals surface area contributed by atoms with Gasteiger partial charge < -0.3 is 29.4 Å². The number of nitrogens with zero attached hydrogens (tertiary/aromatic N) is 2. The quantitative estimate of drug-likeness (QED) is 0.238. The van der Waals surface area contributed by atoms with E-state index in [9.17, 15) is 19.8 Å². The zero-order chi connectivity index (χ0) is 28.0. The number of aliphatic hydroxyl groups excluding tert-OH is 1. The van der Waals surface area contributed by atoms with E-state index in [0.29, 0.717) is 18.9 Å². The molecule has 1 rings (SSSR count). The molecular weight excluding hydrogens is 471 g/mol. The topological polar surface area (TPSA) is 118 Å². The number of methoxy groups -OCH3 is 1. The number of ketones is 1. The summed E-state index contributed by atoms with van der Waals surface area (Å²) in [6.45, 7) is 12.1. The number of hydrogen-bond donors (Lipinski definition) is 2. The Balaban J connectivity index is 3.60. The SMILES string of the molecule is CC[C@H]1OC(=O)[C@H](C)C(=O)[C@H](F)[C@@H](C)[C@](C)(OC)C[C@@H](C)/C(=N\OCCN(C)C)[C@H](C)[C@@H](O)[C@]1(C)O. The molecule has 1 aliphatic rings. The standard InChI is InChI=1S/C26H47FN2O7/c1-11-19-26(7,33)23(31)16(3)21(28-35-13-12-29(8)9)15(2)14-25(6,34-10)18(5)20(27)22(30)17(4)24(32)36-19/h15-20,23,31,33H,11-14H2,1-10H3/b28-21+/t15-,16+,17-,18-,19-,20-,23-,25-,26-/m1/s1. The molecule has 2 N–H and O–H groups in total. The summed E-state index contributed by atoms with van der Waals surface area (Å²) in [7, 11) is 5.25. The minimum atomic E-state index is -1.98. The lowest BCUT2D eigenvalue weighted by atomic mass is 9.73. The minimum absolute atomic E-state index is 0.169. The summed E-state index contributed by atoms with van der Waals surface area (Å²) in [5.41, 5.74) is -2.54. The molecule has 0 amide bonds. The van der Waals surface area contributed by atoms with Gasteiger partial charge >= 0.3 is 5.97 Å². The highest BCUT2D eigenvalue weighted by molar-refractivity contribution is 6.01. The van der Waals surface area contributed by atoms with Crippen molar-refractivity contribution in [2.45, 2.75) is 90.9 Å². The van der Waals surface area contributed by atoms with E-state index < -0.39 is 59.1 Å². The molecule has 1 heterocycles. The van der Waals surface area contributed by atoms with Gasteiger partial charge in [0, 0.05) is 31.4 Å². The molecule has 0 aromatic rings. The van der Waals surface area contributed by atoms with Gasteiger partial charge in [-0.25, -0.2) is 4.39 Å². The molecule has 9 nitrogen and oxygen atoms in total. The van der Waals surface area contributed by atoms with Gasteiger partial charge in [-0.3, -0.25) is 9.59 Å². The van der Waals surface area contributed by atoms with E-state index >= 15 is 4.39 Å². The number of oxime groups is 1. The van der Waals surface area contributed by atoms with Gasteiger partial charge in [0.2, 0.25) is 0 Å². The molecular formula is C26H47FN2O7. The lowest BCUT2D eigenvalue weighted by Crippen LogP contribution is -2.56. The van der Waals surface area contributed by atoms with Gasteiger partial charge in [-0.15, -0.1) is 0 Å². The number of esters is 1. The van der Waals surface area contributed by atoms with Crippen LogP contribution >= 0.6 is 0 Å². The highest BCUT2D eigenvalue weighted by Gasteiger charge is 2.49. The smallest absolute Gasteiger partial charge is 0.316 e. The molecule has 10 heteroatoms. The average molecular weight is 519 g/mol. The first-order valence-electron chi connectivity index (χ1n) is 12.7. The first-order chi connectivity index (χ1) is 16.5. The molecule has 1 aliphatic heterocycles. The normalized spacial score (nSPS) is 40.7. The van der Waals surface area contributed by atoms with E-state index in [1.54, 1.807) is 27.7 Å². The van der Waals surface area contributed by atoms with Gasteiger partial charge in [0.05, 0.1) is 17.4 Å². The van der Waals surface area contributed by atoms with Crippen molar-refractivity contribution < 1.29 is 38.5 Å². The largest absolute Gasteiger partial charge is 0.459 e. The molecule has 0 saturated carbocycles. The van der Waals surface area contributed by atoms with Crippen LogP contribution in [-0.2, 0) is 23.9 Å². The van der Waals surface area contributed by atoms with E-state index in [0.717, 1.165) is 0 Å². The number of likely N-dealkylation sites (N-methyl/N-ethyl adjacent to an activating group) is 1. The molecule has 0 aromatic heterocycles. The summed E-state index contributed by atoms with van der Waals surface area (Å²) in [5.74, 6) is -5.22. The zero-order valence-electron chi connectivity index (χ0n) is 23.6. The number of rotatable bonds is 6. The van der Waals surface area contributed by atoms with Crippen molar-refractivity contribution in [3.63, 3.8) is 0 Å². The molecule has 0 bridgehead atoms. The molecule has 36 heavy (non-hydrogen) atoms. The van der Waals surface area contributed by atoms with Crippen LogP contribution in [0.5, 0.6) is 0 Å². The van der Waals surface area contributed by atoms with Crippen LogP contribution in [0.1, 0.15) is 61.3 Å². The molecule has 1 fully saturated rings. The number of ether oxygens (including phenoxy) is 2. The van der Waals surface area contributed by atoms with Crippen LogP contribution in [0, 0.1) is 23.7 Å². The van der Waals surface area contributed by atoms with Crippen molar-refractivity contribution in [3.8, 4) is 0 Å². The second kappa shape index (κ2) is 13.3. The number of carbonyl (C=O) groups is 2. The summed E-state index contributed by atoms with van der Waals surface area (Å²) in [6.07, 6.45) is -4.08. The third-order valence-corrected chi connectivity index (χ3v) is 7.76. The van der Waals surface area contributed by atoms with Crippen LogP contribution < -0.4 is 0 Å². The maximum absolute atomic E-state index is 15.5. The van der Waals surface area contributed by atoms with E-state index in [1.807, 2.05) is 25.9 Å².